The van der Waals surface area contributed by atoms with E-state index in [1.54, 1.807) is 23.0 Å². The van der Waals surface area contributed by atoms with Crippen LogP contribution < -0.4 is 5.32 Å². The monoisotopic (exact) mass is 287 g/mol. The van der Waals surface area contributed by atoms with Gasteiger partial charge in [-0.25, -0.2) is 0 Å². The Balaban J connectivity index is 1.82. The SMILES string of the molecule is Clc1cc(Nc2ccnnc2)c2nnc(C3CC3)n2n1. The average Bonchev–Trinajstić information content (AvgIpc) is 3.20. The standard InChI is InChI=1S/C12H10ClN7/c13-10-5-9(16-8-3-4-14-15-6-8)12-18-17-11(7-1-2-7)20(12)19-10/h3-7H,1-2H2,(H,14,16). The molecule has 0 unspecified atom stereocenters. The molecular formula is C12H10ClN7. The first kappa shape index (κ1) is 11.5. The van der Waals surface area contributed by atoms with Gasteiger partial charge in [0, 0.05) is 12.0 Å². The van der Waals surface area contributed by atoms with E-state index >= 15 is 0 Å². The lowest BCUT2D eigenvalue weighted by Crippen LogP contribution is -2.01. The maximum Gasteiger partial charge on any atom is 0.201 e. The molecule has 0 bridgehead atoms. The molecule has 0 aliphatic heterocycles. The zero-order valence-corrected chi connectivity index (χ0v) is 11.1. The van der Waals surface area contributed by atoms with Gasteiger partial charge in [0.2, 0.25) is 5.65 Å². The fraction of sp³-hybridized carbons (Fsp3) is 0.250. The van der Waals surface area contributed by atoms with Crippen LogP contribution in [-0.4, -0.2) is 30.0 Å². The Morgan fingerprint density at radius 2 is 2.15 bits per heavy atom. The van der Waals surface area contributed by atoms with Crippen LogP contribution in [0.1, 0.15) is 24.6 Å². The molecule has 20 heavy (non-hydrogen) atoms. The quantitative estimate of drug-likeness (QED) is 0.795. The number of anilines is 2. The minimum absolute atomic E-state index is 0.392. The molecular weight excluding hydrogens is 278 g/mol. The molecule has 0 aromatic carbocycles. The van der Waals surface area contributed by atoms with Crippen LogP contribution in [0.3, 0.4) is 0 Å². The summed E-state index contributed by atoms with van der Waals surface area (Å²) in [5.41, 5.74) is 2.21. The van der Waals surface area contributed by atoms with Crippen molar-refractivity contribution in [3.63, 3.8) is 0 Å². The summed E-state index contributed by atoms with van der Waals surface area (Å²) in [6.07, 6.45) is 5.50. The third-order valence-electron chi connectivity index (χ3n) is 3.17. The predicted octanol–water partition coefficient (Wildman–Crippen LogP) is 2.19. The molecule has 3 aromatic rings. The Labute approximate surface area is 119 Å². The van der Waals surface area contributed by atoms with Gasteiger partial charge in [0.15, 0.2) is 11.0 Å². The van der Waals surface area contributed by atoms with Crippen molar-refractivity contribution in [2.75, 3.05) is 5.32 Å². The lowest BCUT2D eigenvalue weighted by atomic mass is 10.4. The Kier molecular flexibility index (Phi) is 2.53. The van der Waals surface area contributed by atoms with Crippen LogP contribution in [0.2, 0.25) is 5.15 Å². The van der Waals surface area contributed by atoms with Gasteiger partial charge in [0.1, 0.15) is 0 Å². The number of fused-ring (bicyclic) bond motifs is 1. The molecule has 4 rings (SSSR count). The first-order valence-electron chi connectivity index (χ1n) is 6.27. The molecule has 8 heteroatoms. The highest BCUT2D eigenvalue weighted by molar-refractivity contribution is 6.29. The Morgan fingerprint density at radius 1 is 1.25 bits per heavy atom. The van der Waals surface area contributed by atoms with E-state index in [1.165, 1.54) is 0 Å². The van der Waals surface area contributed by atoms with Crippen molar-refractivity contribution in [2.45, 2.75) is 18.8 Å². The second-order valence-electron chi connectivity index (χ2n) is 4.70. The highest BCUT2D eigenvalue weighted by atomic mass is 35.5. The average molecular weight is 288 g/mol. The van der Waals surface area contributed by atoms with Crippen molar-refractivity contribution >= 4 is 28.6 Å². The molecule has 3 aromatic heterocycles. The third kappa shape index (κ3) is 1.96. The lowest BCUT2D eigenvalue weighted by Gasteiger charge is -2.07. The fourth-order valence-electron chi connectivity index (χ4n) is 2.07. The first-order chi connectivity index (χ1) is 9.81. The number of nitrogens with zero attached hydrogens (tertiary/aromatic N) is 6. The summed E-state index contributed by atoms with van der Waals surface area (Å²) in [5, 5.41) is 23.9. The summed E-state index contributed by atoms with van der Waals surface area (Å²) in [6.45, 7) is 0. The first-order valence-corrected chi connectivity index (χ1v) is 6.64. The minimum Gasteiger partial charge on any atom is -0.351 e. The van der Waals surface area contributed by atoms with E-state index < -0.39 is 0 Å². The molecule has 0 saturated heterocycles. The summed E-state index contributed by atoms with van der Waals surface area (Å²) in [5.74, 6) is 1.32. The van der Waals surface area contributed by atoms with Crippen LogP contribution >= 0.6 is 11.6 Å². The van der Waals surface area contributed by atoms with E-state index in [9.17, 15) is 0 Å². The van der Waals surface area contributed by atoms with Crippen molar-refractivity contribution in [1.82, 2.24) is 30.0 Å². The number of aromatic nitrogens is 6. The molecule has 0 radical (unpaired) electrons. The van der Waals surface area contributed by atoms with Crippen LogP contribution in [0.4, 0.5) is 11.4 Å². The highest BCUT2D eigenvalue weighted by Crippen LogP contribution is 2.39. The van der Waals surface area contributed by atoms with Crippen molar-refractivity contribution in [3.8, 4) is 0 Å². The second kappa shape index (κ2) is 4.38. The van der Waals surface area contributed by atoms with Crippen molar-refractivity contribution in [1.29, 1.82) is 0 Å². The Hall–Kier alpha value is -2.28. The number of rotatable bonds is 3. The third-order valence-corrected chi connectivity index (χ3v) is 3.36. The maximum absolute atomic E-state index is 6.09. The van der Waals surface area contributed by atoms with E-state index in [0.29, 0.717) is 16.7 Å². The molecule has 1 N–H and O–H groups in total. The van der Waals surface area contributed by atoms with Crippen LogP contribution in [0.5, 0.6) is 0 Å². The van der Waals surface area contributed by atoms with Crippen molar-refractivity contribution < 1.29 is 0 Å². The topological polar surface area (TPSA) is 80.9 Å². The van der Waals surface area contributed by atoms with Crippen LogP contribution in [0.25, 0.3) is 5.65 Å². The molecule has 1 fully saturated rings. The van der Waals surface area contributed by atoms with Gasteiger partial charge in [-0.2, -0.15) is 19.8 Å². The van der Waals surface area contributed by atoms with Gasteiger partial charge < -0.3 is 5.32 Å². The number of halogens is 1. The second-order valence-corrected chi connectivity index (χ2v) is 5.09. The molecule has 1 saturated carbocycles. The van der Waals surface area contributed by atoms with E-state index in [2.05, 4.69) is 30.8 Å². The van der Waals surface area contributed by atoms with Crippen LogP contribution in [0.15, 0.2) is 24.5 Å². The van der Waals surface area contributed by atoms with E-state index in [1.807, 2.05) is 6.07 Å². The highest BCUT2D eigenvalue weighted by Gasteiger charge is 2.30. The summed E-state index contributed by atoms with van der Waals surface area (Å²) in [4.78, 5) is 0. The van der Waals surface area contributed by atoms with Crippen molar-refractivity contribution in [2.24, 2.45) is 0 Å². The maximum atomic E-state index is 6.09. The van der Waals surface area contributed by atoms with Crippen LogP contribution in [-0.2, 0) is 0 Å². The van der Waals surface area contributed by atoms with E-state index in [-0.39, 0.29) is 0 Å². The van der Waals surface area contributed by atoms with Gasteiger partial charge >= 0.3 is 0 Å². The van der Waals surface area contributed by atoms with Crippen molar-refractivity contribution in [3.05, 3.63) is 35.5 Å². The fourth-order valence-corrected chi connectivity index (χ4v) is 2.26. The number of nitrogens with one attached hydrogen (secondary N) is 1. The molecule has 0 spiro atoms. The van der Waals surface area contributed by atoms with Gasteiger partial charge in [-0.3, -0.25) is 0 Å². The normalized spacial score (nSPS) is 14.7. The minimum atomic E-state index is 0.392. The molecule has 3 heterocycles. The van der Waals surface area contributed by atoms with E-state index in [4.69, 9.17) is 11.6 Å². The zero-order valence-electron chi connectivity index (χ0n) is 10.4. The molecule has 1 aliphatic carbocycles. The predicted molar refractivity (Wildman–Crippen MR) is 73.1 cm³/mol. The van der Waals surface area contributed by atoms with Gasteiger partial charge in [-0.05, 0) is 18.9 Å². The molecule has 100 valence electrons. The smallest absolute Gasteiger partial charge is 0.201 e. The molecule has 0 atom stereocenters. The Morgan fingerprint density at radius 3 is 2.90 bits per heavy atom. The summed E-state index contributed by atoms with van der Waals surface area (Å²) < 4.78 is 1.72. The largest absolute Gasteiger partial charge is 0.351 e. The summed E-state index contributed by atoms with van der Waals surface area (Å²) in [7, 11) is 0. The van der Waals surface area contributed by atoms with Gasteiger partial charge in [0.25, 0.3) is 0 Å². The number of hydrogen-bond donors (Lipinski definition) is 1. The van der Waals surface area contributed by atoms with E-state index in [0.717, 1.165) is 30.0 Å². The molecule has 0 amide bonds. The Bertz CT molecular complexity index is 766. The summed E-state index contributed by atoms with van der Waals surface area (Å²) >= 11 is 6.09. The lowest BCUT2D eigenvalue weighted by molar-refractivity contribution is 0.815. The molecule has 1 aliphatic rings. The van der Waals surface area contributed by atoms with Gasteiger partial charge in [-0.1, -0.05) is 11.6 Å². The van der Waals surface area contributed by atoms with Crippen LogP contribution in [0, 0.1) is 0 Å². The number of hydrogen-bond acceptors (Lipinski definition) is 6. The zero-order chi connectivity index (χ0) is 13.5. The summed E-state index contributed by atoms with van der Waals surface area (Å²) in [6, 6.07) is 3.54. The van der Waals surface area contributed by atoms with Gasteiger partial charge in [-0.15, -0.1) is 10.2 Å². The van der Waals surface area contributed by atoms with Gasteiger partial charge in [0.05, 0.1) is 23.8 Å². The molecule has 7 nitrogen and oxygen atoms in total.